The number of carbonyl (C=O) groups is 1. The molecule has 0 saturated carbocycles. The van der Waals surface area contributed by atoms with Crippen LogP contribution in [0.3, 0.4) is 0 Å². The van der Waals surface area contributed by atoms with E-state index in [1.807, 2.05) is 31.2 Å². The van der Waals surface area contributed by atoms with E-state index in [0.29, 0.717) is 12.1 Å². The fraction of sp³-hybridized carbons (Fsp3) is 0.562. The van der Waals surface area contributed by atoms with Gasteiger partial charge in [0, 0.05) is 23.1 Å². The first-order valence-electron chi connectivity index (χ1n) is 7.60. The van der Waals surface area contributed by atoms with Crippen LogP contribution < -0.4 is 10.1 Å². The molecule has 1 aromatic carbocycles. The van der Waals surface area contributed by atoms with Crippen molar-refractivity contribution in [3.8, 4) is 5.75 Å². The number of fused-ring (bicyclic) bond motifs is 2. The van der Waals surface area contributed by atoms with Crippen molar-refractivity contribution in [3.05, 3.63) is 28.7 Å². The molecule has 22 heavy (non-hydrogen) atoms. The number of nitrogens with one attached hydrogen (secondary N) is 1. The number of hydrogen-bond donors (Lipinski definition) is 1. The lowest BCUT2D eigenvalue weighted by molar-refractivity contribution is -0.140. The molecule has 3 atom stereocenters. The van der Waals surface area contributed by atoms with Crippen molar-refractivity contribution in [2.24, 2.45) is 0 Å². The molecule has 2 aliphatic rings. The third kappa shape index (κ3) is 3.76. The van der Waals surface area contributed by atoms with Crippen molar-refractivity contribution >= 4 is 34.2 Å². The summed E-state index contributed by atoms with van der Waals surface area (Å²) in [5, 5.41) is 3.42. The Morgan fingerprint density at radius 1 is 1.36 bits per heavy atom. The lowest BCUT2D eigenvalue weighted by Crippen LogP contribution is -2.48. The SMILES string of the molecule is CC(Oc1cccc(Br)c1)C(=O)N1C2CCNCC1CC2.Cl. The second-order valence-electron chi connectivity index (χ2n) is 5.84. The van der Waals surface area contributed by atoms with Crippen molar-refractivity contribution in [2.45, 2.75) is 44.4 Å². The van der Waals surface area contributed by atoms with Gasteiger partial charge in [-0.25, -0.2) is 0 Å². The molecule has 2 heterocycles. The van der Waals surface area contributed by atoms with E-state index < -0.39 is 6.10 Å². The van der Waals surface area contributed by atoms with E-state index >= 15 is 0 Å². The van der Waals surface area contributed by atoms with Crippen LogP contribution in [0.4, 0.5) is 0 Å². The number of hydrogen-bond acceptors (Lipinski definition) is 3. The van der Waals surface area contributed by atoms with Gasteiger partial charge in [0.2, 0.25) is 0 Å². The Hall–Kier alpha value is -0.780. The van der Waals surface area contributed by atoms with E-state index in [0.717, 1.165) is 42.6 Å². The highest BCUT2D eigenvalue weighted by molar-refractivity contribution is 9.10. The Bertz CT molecular complexity index is 515. The fourth-order valence-corrected chi connectivity index (χ4v) is 3.73. The molecule has 3 unspecified atom stereocenters. The Kier molecular flexibility index (Phi) is 6.12. The number of amides is 1. The third-order valence-electron chi connectivity index (χ3n) is 4.37. The van der Waals surface area contributed by atoms with Gasteiger partial charge in [-0.05, 0) is 50.9 Å². The molecule has 2 fully saturated rings. The van der Waals surface area contributed by atoms with E-state index in [-0.39, 0.29) is 18.3 Å². The van der Waals surface area contributed by atoms with E-state index in [9.17, 15) is 4.79 Å². The third-order valence-corrected chi connectivity index (χ3v) is 4.86. The standard InChI is InChI=1S/C16H21BrN2O2.ClH/c1-11(21-15-4-2-3-12(17)9-15)16(20)19-13-5-6-14(19)10-18-8-7-13;/h2-4,9,11,13-14,18H,5-8,10H2,1H3;1H. The summed E-state index contributed by atoms with van der Waals surface area (Å²) in [6, 6.07) is 8.34. The predicted molar refractivity (Wildman–Crippen MR) is 92.6 cm³/mol. The van der Waals surface area contributed by atoms with E-state index in [1.165, 1.54) is 0 Å². The zero-order valence-corrected chi connectivity index (χ0v) is 15.0. The monoisotopic (exact) mass is 388 g/mol. The molecule has 0 spiro atoms. The summed E-state index contributed by atoms with van der Waals surface area (Å²) in [4.78, 5) is 14.8. The average Bonchev–Trinajstić information content (AvgIpc) is 2.71. The van der Waals surface area contributed by atoms with Gasteiger partial charge in [0.05, 0.1) is 0 Å². The molecular weight excluding hydrogens is 368 g/mol. The number of benzene rings is 1. The van der Waals surface area contributed by atoms with Crippen molar-refractivity contribution in [1.82, 2.24) is 10.2 Å². The van der Waals surface area contributed by atoms with Crippen LogP contribution in [-0.2, 0) is 4.79 Å². The molecule has 2 saturated heterocycles. The molecular formula is C16H22BrClN2O2. The van der Waals surface area contributed by atoms with E-state index in [2.05, 4.69) is 26.1 Å². The number of ether oxygens (including phenoxy) is 1. The minimum absolute atomic E-state index is 0. The Morgan fingerprint density at radius 3 is 2.91 bits per heavy atom. The summed E-state index contributed by atoms with van der Waals surface area (Å²) in [7, 11) is 0. The molecule has 1 aromatic rings. The second kappa shape index (κ2) is 7.66. The summed E-state index contributed by atoms with van der Waals surface area (Å²) in [5.41, 5.74) is 0. The molecule has 1 amide bonds. The normalized spacial score (nSPS) is 25.1. The number of carbonyl (C=O) groups excluding carboxylic acids is 1. The van der Waals surface area contributed by atoms with Crippen molar-refractivity contribution in [3.63, 3.8) is 0 Å². The molecule has 0 aromatic heterocycles. The van der Waals surface area contributed by atoms with E-state index in [4.69, 9.17) is 4.74 Å². The van der Waals surface area contributed by atoms with Crippen LogP contribution in [0.2, 0.25) is 0 Å². The first kappa shape index (κ1) is 17.6. The first-order valence-corrected chi connectivity index (χ1v) is 8.39. The second-order valence-corrected chi connectivity index (χ2v) is 6.76. The van der Waals surface area contributed by atoms with Crippen LogP contribution in [-0.4, -0.2) is 42.1 Å². The van der Waals surface area contributed by atoms with Gasteiger partial charge in [-0.1, -0.05) is 22.0 Å². The quantitative estimate of drug-likeness (QED) is 0.864. The maximum atomic E-state index is 12.8. The highest BCUT2D eigenvalue weighted by atomic mass is 79.9. The summed E-state index contributed by atoms with van der Waals surface area (Å²) in [6.07, 6.45) is 2.83. The maximum absolute atomic E-state index is 12.8. The van der Waals surface area contributed by atoms with Crippen LogP contribution in [0, 0.1) is 0 Å². The van der Waals surface area contributed by atoms with Crippen LogP contribution in [0.1, 0.15) is 26.2 Å². The number of nitrogens with zero attached hydrogens (tertiary/aromatic N) is 1. The Labute approximate surface area is 146 Å². The lowest BCUT2D eigenvalue weighted by Gasteiger charge is -2.30. The zero-order chi connectivity index (χ0) is 14.8. The van der Waals surface area contributed by atoms with Gasteiger partial charge in [0.1, 0.15) is 5.75 Å². The molecule has 6 heteroatoms. The lowest BCUT2D eigenvalue weighted by atomic mass is 10.1. The fourth-order valence-electron chi connectivity index (χ4n) is 3.35. The van der Waals surface area contributed by atoms with Crippen LogP contribution in [0.25, 0.3) is 0 Å². The highest BCUT2D eigenvalue weighted by Crippen LogP contribution is 2.29. The molecule has 2 aliphatic heterocycles. The predicted octanol–water partition coefficient (Wildman–Crippen LogP) is 2.99. The van der Waals surface area contributed by atoms with Gasteiger partial charge >= 0.3 is 0 Å². The molecule has 2 bridgehead atoms. The zero-order valence-electron chi connectivity index (χ0n) is 12.6. The summed E-state index contributed by atoms with van der Waals surface area (Å²) in [5.74, 6) is 0.844. The van der Waals surface area contributed by atoms with Gasteiger partial charge in [-0.3, -0.25) is 4.79 Å². The van der Waals surface area contributed by atoms with Gasteiger partial charge in [0.25, 0.3) is 5.91 Å². The van der Waals surface area contributed by atoms with Gasteiger partial charge in [-0.15, -0.1) is 12.4 Å². The minimum atomic E-state index is -0.444. The number of halogens is 2. The largest absolute Gasteiger partial charge is 0.481 e. The first-order chi connectivity index (χ1) is 10.1. The summed E-state index contributed by atoms with van der Waals surface area (Å²) in [6.45, 7) is 3.76. The van der Waals surface area contributed by atoms with Crippen LogP contribution >= 0.6 is 28.3 Å². The molecule has 4 nitrogen and oxygen atoms in total. The van der Waals surface area contributed by atoms with Gasteiger partial charge < -0.3 is 15.0 Å². The van der Waals surface area contributed by atoms with Crippen LogP contribution in [0.5, 0.6) is 5.75 Å². The van der Waals surface area contributed by atoms with Crippen molar-refractivity contribution in [1.29, 1.82) is 0 Å². The van der Waals surface area contributed by atoms with Crippen molar-refractivity contribution in [2.75, 3.05) is 13.1 Å². The highest BCUT2D eigenvalue weighted by Gasteiger charge is 2.40. The van der Waals surface area contributed by atoms with Gasteiger partial charge in [0.15, 0.2) is 6.10 Å². The van der Waals surface area contributed by atoms with Crippen molar-refractivity contribution < 1.29 is 9.53 Å². The minimum Gasteiger partial charge on any atom is -0.481 e. The Morgan fingerprint density at radius 2 is 2.14 bits per heavy atom. The van der Waals surface area contributed by atoms with Gasteiger partial charge in [-0.2, -0.15) is 0 Å². The molecule has 3 rings (SSSR count). The summed E-state index contributed by atoms with van der Waals surface area (Å²) < 4.78 is 6.79. The smallest absolute Gasteiger partial charge is 0.263 e. The molecule has 0 aliphatic carbocycles. The summed E-state index contributed by atoms with van der Waals surface area (Å²) >= 11 is 3.42. The van der Waals surface area contributed by atoms with E-state index in [1.54, 1.807) is 0 Å². The number of rotatable bonds is 3. The topological polar surface area (TPSA) is 41.6 Å². The molecule has 0 radical (unpaired) electrons. The average molecular weight is 390 g/mol. The molecule has 1 N–H and O–H groups in total. The van der Waals surface area contributed by atoms with Crippen LogP contribution in [0.15, 0.2) is 28.7 Å². The molecule has 122 valence electrons. The maximum Gasteiger partial charge on any atom is 0.263 e. The Balaban J connectivity index is 0.00000176.